The molecule has 0 amide bonds. The van der Waals surface area contributed by atoms with Crippen LogP contribution in [0.1, 0.15) is 6.42 Å². The predicted octanol–water partition coefficient (Wildman–Crippen LogP) is 2.25. The van der Waals surface area contributed by atoms with E-state index in [0.717, 1.165) is 21.6 Å². The molecule has 0 aliphatic carbocycles. The molecule has 0 N–H and O–H groups in total. The smallest absolute Gasteiger partial charge is 0.107 e. The zero-order valence-electron chi connectivity index (χ0n) is 4.15. The Morgan fingerprint density at radius 2 is 2.50 bits per heavy atom. The van der Waals surface area contributed by atoms with Crippen molar-refractivity contribution in [1.82, 2.24) is 0 Å². The molecule has 1 aliphatic heterocycles. The van der Waals surface area contributed by atoms with E-state index in [1.165, 1.54) is 0 Å². The molecule has 1 nitrogen and oxygen atoms in total. The van der Waals surface area contributed by atoms with Crippen LogP contribution in [0.5, 0.6) is 0 Å². The maximum atomic E-state index is 8.38. The summed E-state index contributed by atoms with van der Waals surface area (Å²) in [4.78, 5) is 0.852. The molecule has 1 heterocycles. The van der Waals surface area contributed by atoms with Gasteiger partial charge in [-0.3, -0.25) is 0 Å². The van der Waals surface area contributed by atoms with E-state index in [1.807, 2.05) is 0 Å². The van der Waals surface area contributed by atoms with Gasteiger partial charge in [0.05, 0.1) is 4.91 Å². The lowest BCUT2D eigenvalue weighted by Crippen LogP contribution is -1.63. The predicted molar refractivity (Wildman–Crippen MR) is 38.6 cm³/mol. The monoisotopic (exact) mass is 189 g/mol. The molecule has 0 aromatic heterocycles. The number of rotatable bonds is 0. The average Bonchev–Trinajstić information content (AvgIpc) is 2.14. The molecule has 0 spiro atoms. The standard InChI is InChI=1S/C5H4BrNS/c6-4-1-2-8-5(4)3-7/h1-2H2. The third kappa shape index (κ3) is 1.07. The van der Waals surface area contributed by atoms with E-state index in [1.54, 1.807) is 11.8 Å². The molecule has 1 rings (SSSR count). The van der Waals surface area contributed by atoms with E-state index >= 15 is 0 Å². The van der Waals surface area contributed by atoms with Gasteiger partial charge in [0, 0.05) is 10.2 Å². The summed E-state index contributed by atoms with van der Waals surface area (Å²) in [5.41, 5.74) is 0. The van der Waals surface area contributed by atoms with Crippen LogP contribution in [0, 0.1) is 11.3 Å². The maximum absolute atomic E-state index is 8.38. The highest BCUT2D eigenvalue weighted by molar-refractivity contribution is 9.11. The fourth-order valence-electron chi connectivity index (χ4n) is 0.527. The van der Waals surface area contributed by atoms with Gasteiger partial charge >= 0.3 is 0 Å². The Kier molecular flexibility index (Phi) is 1.98. The first-order valence-electron chi connectivity index (χ1n) is 2.26. The Bertz CT molecular complexity index is 168. The van der Waals surface area contributed by atoms with Crippen LogP contribution in [0.25, 0.3) is 0 Å². The minimum Gasteiger partial charge on any atom is -0.192 e. The number of thioether (sulfide) groups is 1. The second kappa shape index (κ2) is 2.56. The fourth-order valence-corrected chi connectivity index (χ4v) is 2.25. The van der Waals surface area contributed by atoms with Gasteiger partial charge in [0.15, 0.2) is 0 Å². The first kappa shape index (κ1) is 6.18. The summed E-state index contributed by atoms with van der Waals surface area (Å²) in [5, 5.41) is 8.38. The van der Waals surface area contributed by atoms with Crippen molar-refractivity contribution in [3.63, 3.8) is 0 Å². The minimum absolute atomic E-state index is 0.852. The Labute approximate surface area is 60.9 Å². The van der Waals surface area contributed by atoms with Gasteiger partial charge in [0.2, 0.25) is 0 Å². The van der Waals surface area contributed by atoms with E-state index in [4.69, 9.17) is 5.26 Å². The van der Waals surface area contributed by atoms with Crippen LogP contribution in [0.2, 0.25) is 0 Å². The highest BCUT2D eigenvalue weighted by Gasteiger charge is 2.10. The van der Waals surface area contributed by atoms with E-state index < -0.39 is 0 Å². The molecule has 0 saturated heterocycles. The SMILES string of the molecule is N#CC1=C(Br)CCS1. The normalized spacial score (nSPS) is 19.0. The average molecular weight is 190 g/mol. The number of hydrogen-bond acceptors (Lipinski definition) is 2. The topological polar surface area (TPSA) is 23.8 Å². The summed E-state index contributed by atoms with van der Waals surface area (Å²) in [7, 11) is 0. The lowest BCUT2D eigenvalue weighted by molar-refractivity contribution is 1.25. The van der Waals surface area contributed by atoms with Crippen molar-refractivity contribution in [2.75, 3.05) is 5.75 Å². The molecule has 0 atom stereocenters. The van der Waals surface area contributed by atoms with Crippen LogP contribution in [-0.4, -0.2) is 5.75 Å². The van der Waals surface area contributed by atoms with Crippen molar-refractivity contribution in [3.8, 4) is 6.07 Å². The molecule has 1 aliphatic rings. The minimum atomic E-state index is 0.852. The number of halogens is 1. The molecule has 0 aromatic rings. The van der Waals surface area contributed by atoms with E-state index in [-0.39, 0.29) is 0 Å². The highest BCUT2D eigenvalue weighted by Crippen LogP contribution is 2.33. The Balaban J connectivity index is 2.77. The zero-order chi connectivity index (χ0) is 5.98. The molecule has 0 radical (unpaired) electrons. The molecule has 42 valence electrons. The van der Waals surface area contributed by atoms with E-state index in [2.05, 4.69) is 22.0 Å². The van der Waals surface area contributed by atoms with Gasteiger partial charge in [0.25, 0.3) is 0 Å². The third-order valence-corrected chi connectivity index (χ3v) is 3.01. The Hall–Kier alpha value is 0.0600. The van der Waals surface area contributed by atoms with Gasteiger partial charge in [-0.2, -0.15) is 5.26 Å². The molecular weight excluding hydrogens is 186 g/mol. The highest BCUT2D eigenvalue weighted by atomic mass is 79.9. The van der Waals surface area contributed by atoms with Gasteiger partial charge in [0.1, 0.15) is 6.07 Å². The third-order valence-electron chi connectivity index (χ3n) is 0.916. The van der Waals surface area contributed by atoms with E-state index in [9.17, 15) is 0 Å². The van der Waals surface area contributed by atoms with Gasteiger partial charge in [-0.25, -0.2) is 0 Å². The second-order valence-corrected chi connectivity index (χ2v) is 3.51. The van der Waals surface area contributed by atoms with Crippen LogP contribution in [0.15, 0.2) is 9.39 Å². The molecule has 0 saturated carbocycles. The molecular formula is C5H4BrNS. The van der Waals surface area contributed by atoms with Crippen molar-refractivity contribution in [3.05, 3.63) is 9.39 Å². The lowest BCUT2D eigenvalue weighted by atomic mass is 10.4. The summed E-state index contributed by atoms with van der Waals surface area (Å²) in [6.45, 7) is 0. The summed E-state index contributed by atoms with van der Waals surface area (Å²) < 4.78 is 1.07. The largest absolute Gasteiger partial charge is 0.192 e. The molecule has 0 fully saturated rings. The van der Waals surface area contributed by atoms with Crippen molar-refractivity contribution in [2.24, 2.45) is 0 Å². The van der Waals surface area contributed by atoms with E-state index in [0.29, 0.717) is 0 Å². The summed E-state index contributed by atoms with van der Waals surface area (Å²) in [6, 6.07) is 2.11. The first-order valence-corrected chi connectivity index (χ1v) is 4.04. The quantitative estimate of drug-likeness (QED) is 0.584. The van der Waals surface area contributed by atoms with Crippen LogP contribution in [0.4, 0.5) is 0 Å². The number of allylic oxidation sites excluding steroid dienone is 2. The Morgan fingerprint density at radius 1 is 1.75 bits per heavy atom. The lowest BCUT2D eigenvalue weighted by Gasteiger charge is -1.80. The second-order valence-electron chi connectivity index (χ2n) is 1.44. The van der Waals surface area contributed by atoms with Crippen LogP contribution >= 0.6 is 27.7 Å². The summed E-state index contributed by atoms with van der Waals surface area (Å²) in [6.07, 6.45) is 1.02. The fraction of sp³-hybridized carbons (Fsp3) is 0.400. The van der Waals surface area contributed by atoms with Crippen LogP contribution < -0.4 is 0 Å². The molecule has 0 bridgehead atoms. The van der Waals surface area contributed by atoms with Crippen LogP contribution in [0.3, 0.4) is 0 Å². The number of nitriles is 1. The van der Waals surface area contributed by atoms with Gasteiger partial charge in [-0.05, 0) is 6.42 Å². The molecule has 0 unspecified atom stereocenters. The van der Waals surface area contributed by atoms with Crippen molar-refractivity contribution in [1.29, 1.82) is 5.26 Å². The van der Waals surface area contributed by atoms with Gasteiger partial charge < -0.3 is 0 Å². The summed E-state index contributed by atoms with van der Waals surface area (Å²) in [5.74, 6) is 1.06. The van der Waals surface area contributed by atoms with Gasteiger partial charge in [-0.1, -0.05) is 15.9 Å². The van der Waals surface area contributed by atoms with Crippen molar-refractivity contribution >= 4 is 27.7 Å². The Morgan fingerprint density at radius 3 is 2.75 bits per heavy atom. The zero-order valence-corrected chi connectivity index (χ0v) is 6.55. The number of hydrogen-bond donors (Lipinski definition) is 0. The maximum Gasteiger partial charge on any atom is 0.107 e. The van der Waals surface area contributed by atoms with Crippen molar-refractivity contribution < 1.29 is 0 Å². The van der Waals surface area contributed by atoms with Crippen LogP contribution in [-0.2, 0) is 0 Å². The number of nitrogens with zero attached hydrogens (tertiary/aromatic N) is 1. The molecule has 3 heteroatoms. The molecule has 8 heavy (non-hydrogen) atoms. The van der Waals surface area contributed by atoms with Crippen molar-refractivity contribution in [2.45, 2.75) is 6.42 Å². The van der Waals surface area contributed by atoms with Gasteiger partial charge in [-0.15, -0.1) is 11.8 Å². The first-order chi connectivity index (χ1) is 3.84. The molecule has 0 aromatic carbocycles. The summed E-state index contributed by atoms with van der Waals surface area (Å²) >= 11 is 4.92.